The van der Waals surface area contributed by atoms with Crippen LogP contribution in [0.3, 0.4) is 0 Å². The van der Waals surface area contributed by atoms with Gasteiger partial charge >= 0.3 is 0 Å². The highest BCUT2D eigenvalue weighted by Gasteiger charge is 2.14. The van der Waals surface area contributed by atoms with E-state index in [9.17, 15) is 9.59 Å². The van der Waals surface area contributed by atoms with E-state index >= 15 is 0 Å². The lowest BCUT2D eigenvalue weighted by molar-refractivity contribution is 0.101. The van der Waals surface area contributed by atoms with Crippen molar-refractivity contribution in [3.05, 3.63) is 119 Å². The average Bonchev–Trinajstić information content (AvgIpc) is 3.00. The zero-order chi connectivity index (χ0) is 28.9. The second-order valence-corrected chi connectivity index (χ2v) is 9.88. The molecule has 0 aliphatic rings. The number of hydrogen-bond acceptors (Lipinski definition) is 4. The van der Waals surface area contributed by atoms with Crippen LogP contribution in [-0.2, 0) is 6.42 Å². The van der Waals surface area contributed by atoms with Crippen LogP contribution in [0.2, 0.25) is 0 Å². The Kier molecular flexibility index (Phi) is 11.0. The van der Waals surface area contributed by atoms with Gasteiger partial charge in [-0.05, 0) is 78.9 Å². The predicted molar refractivity (Wildman–Crippen MR) is 165 cm³/mol. The van der Waals surface area contributed by atoms with Crippen LogP contribution in [0.1, 0.15) is 71.4 Å². The fraction of sp³-hybridized carbons (Fsp3) is 0.257. The van der Waals surface area contributed by atoms with Gasteiger partial charge in [-0.25, -0.2) is 0 Å². The lowest BCUT2D eigenvalue weighted by Gasteiger charge is -2.12. The van der Waals surface area contributed by atoms with Crippen molar-refractivity contribution < 1.29 is 19.1 Å². The van der Waals surface area contributed by atoms with Gasteiger partial charge in [-0.1, -0.05) is 75.2 Å². The highest BCUT2D eigenvalue weighted by molar-refractivity contribution is 6.06. The Hall–Kier alpha value is -4.58. The third-order valence-electron chi connectivity index (χ3n) is 6.61. The molecule has 6 nitrogen and oxygen atoms in total. The summed E-state index contributed by atoms with van der Waals surface area (Å²) in [4.78, 5) is 25.8. The Morgan fingerprint density at radius 3 is 1.34 bits per heavy atom. The monoisotopic (exact) mass is 550 g/mol. The smallest absolute Gasteiger partial charge is 0.259 e. The SMILES string of the molecule is CCCCOc1ccccc1C(=O)Nc1ccc(Cc2ccc(NC(=O)c3ccccc3OCCCC)cc2)cc1. The number of amides is 2. The van der Waals surface area contributed by atoms with Crippen molar-refractivity contribution in [2.75, 3.05) is 23.8 Å². The molecular weight excluding hydrogens is 512 g/mol. The number of unbranched alkanes of at least 4 members (excludes halogenated alkanes) is 2. The minimum absolute atomic E-state index is 0.197. The van der Waals surface area contributed by atoms with Crippen molar-refractivity contribution in [1.29, 1.82) is 0 Å². The van der Waals surface area contributed by atoms with Crippen LogP contribution in [0.5, 0.6) is 11.5 Å². The molecule has 0 bridgehead atoms. The lowest BCUT2D eigenvalue weighted by Crippen LogP contribution is -2.14. The Labute approximate surface area is 242 Å². The molecule has 0 spiro atoms. The molecule has 4 aromatic carbocycles. The van der Waals surface area contributed by atoms with E-state index in [0.717, 1.165) is 54.6 Å². The van der Waals surface area contributed by atoms with Gasteiger partial charge in [0.05, 0.1) is 24.3 Å². The molecule has 212 valence electrons. The first-order valence-corrected chi connectivity index (χ1v) is 14.3. The molecule has 6 heteroatoms. The fourth-order valence-electron chi connectivity index (χ4n) is 4.26. The van der Waals surface area contributed by atoms with Crippen molar-refractivity contribution in [3.63, 3.8) is 0 Å². The first kappa shape index (κ1) is 29.4. The van der Waals surface area contributed by atoms with E-state index in [1.54, 1.807) is 12.1 Å². The van der Waals surface area contributed by atoms with Crippen molar-refractivity contribution in [1.82, 2.24) is 0 Å². The summed E-state index contributed by atoms with van der Waals surface area (Å²) in [5.41, 5.74) is 4.71. The number of benzene rings is 4. The Morgan fingerprint density at radius 1 is 0.561 bits per heavy atom. The third kappa shape index (κ3) is 8.70. The third-order valence-corrected chi connectivity index (χ3v) is 6.61. The van der Waals surface area contributed by atoms with Crippen molar-refractivity contribution in [2.24, 2.45) is 0 Å². The summed E-state index contributed by atoms with van der Waals surface area (Å²) >= 11 is 0. The molecule has 0 radical (unpaired) electrons. The van der Waals surface area contributed by atoms with Gasteiger partial charge in [-0.15, -0.1) is 0 Å². The second kappa shape index (κ2) is 15.3. The number of carbonyl (C=O) groups is 2. The van der Waals surface area contributed by atoms with E-state index in [4.69, 9.17) is 9.47 Å². The maximum Gasteiger partial charge on any atom is 0.259 e. The molecule has 0 aliphatic carbocycles. The fourth-order valence-corrected chi connectivity index (χ4v) is 4.26. The molecule has 0 aliphatic heterocycles. The van der Waals surface area contributed by atoms with Crippen LogP contribution in [0.25, 0.3) is 0 Å². The molecule has 2 N–H and O–H groups in total. The largest absolute Gasteiger partial charge is 0.493 e. The minimum Gasteiger partial charge on any atom is -0.493 e. The number of para-hydroxylation sites is 2. The van der Waals surface area contributed by atoms with Gasteiger partial charge in [-0.2, -0.15) is 0 Å². The summed E-state index contributed by atoms with van der Waals surface area (Å²) in [5, 5.41) is 5.94. The van der Waals surface area contributed by atoms with E-state index in [1.807, 2.05) is 84.9 Å². The van der Waals surface area contributed by atoms with Gasteiger partial charge in [0.15, 0.2) is 0 Å². The molecule has 0 aromatic heterocycles. The predicted octanol–water partition coefficient (Wildman–Crippen LogP) is 8.14. The van der Waals surface area contributed by atoms with E-state index < -0.39 is 0 Å². The molecule has 41 heavy (non-hydrogen) atoms. The van der Waals surface area contributed by atoms with Crippen molar-refractivity contribution in [3.8, 4) is 11.5 Å². The number of nitrogens with one attached hydrogen (secondary N) is 2. The number of hydrogen-bond donors (Lipinski definition) is 2. The zero-order valence-electron chi connectivity index (χ0n) is 23.8. The summed E-state index contributed by atoms with van der Waals surface area (Å²) < 4.78 is 11.6. The molecular formula is C35H38N2O4. The summed E-state index contributed by atoms with van der Waals surface area (Å²) in [6.07, 6.45) is 4.68. The topological polar surface area (TPSA) is 76.7 Å². The van der Waals surface area contributed by atoms with Crippen LogP contribution in [0, 0.1) is 0 Å². The highest BCUT2D eigenvalue weighted by atomic mass is 16.5. The molecule has 0 heterocycles. The summed E-state index contributed by atoms with van der Waals surface area (Å²) in [5.74, 6) is 0.800. The average molecular weight is 551 g/mol. The van der Waals surface area contributed by atoms with Gasteiger partial charge in [0.1, 0.15) is 11.5 Å². The van der Waals surface area contributed by atoms with E-state index in [2.05, 4.69) is 24.5 Å². The standard InChI is InChI=1S/C35H38N2O4/c1-3-5-23-40-32-13-9-7-11-30(32)34(38)36-28-19-15-26(16-20-28)25-27-17-21-29(22-18-27)37-35(39)31-12-8-10-14-33(31)41-24-6-4-2/h7-22H,3-6,23-25H2,1-2H3,(H,36,38)(H,37,39). The van der Waals surface area contributed by atoms with E-state index in [0.29, 0.717) is 35.8 Å². The summed E-state index contributed by atoms with van der Waals surface area (Å²) in [6, 6.07) is 30.3. The summed E-state index contributed by atoms with van der Waals surface area (Å²) in [7, 11) is 0. The molecule has 4 aromatic rings. The highest BCUT2D eigenvalue weighted by Crippen LogP contribution is 2.23. The quantitative estimate of drug-likeness (QED) is 0.155. The Morgan fingerprint density at radius 2 is 0.951 bits per heavy atom. The van der Waals surface area contributed by atoms with Crippen LogP contribution >= 0.6 is 0 Å². The van der Waals surface area contributed by atoms with Crippen LogP contribution in [0.15, 0.2) is 97.1 Å². The van der Waals surface area contributed by atoms with Gasteiger partial charge in [0.2, 0.25) is 0 Å². The normalized spacial score (nSPS) is 10.6. The van der Waals surface area contributed by atoms with Crippen molar-refractivity contribution in [2.45, 2.75) is 46.0 Å². The molecule has 0 atom stereocenters. The van der Waals surface area contributed by atoms with E-state index in [-0.39, 0.29) is 11.8 Å². The first-order chi connectivity index (χ1) is 20.1. The Bertz CT molecular complexity index is 1310. The van der Waals surface area contributed by atoms with Crippen LogP contribution < -0.4 is 20.1 Å². The van der Waals surface area contributed by atoms with Crippen molar-refractivity contribution >= 4 is 23.2 Å². The van der Waals surface area contributed by atoms with Gasteiger partial charge in [-0.3, -0.25) is 9.59 Å². The molecule has 0 unspecified atom stereocenters. The van der Waals surface area contributed by atoms with Crippen LogP contribution in [-0.4, -0.2) is 25.0 Å². The van der Waals surface area contributed by atoms with Gasteiger partial charge in [0, 0.05) is 11.4 Å². The first-order valence-electron chi connectivity index (χ1n) is 14.3. The number of anilines is 2. The molecule has 0 fully saturated rings. The number of rotatable bonds is 14. The van der Waals surface area contributed by atoms with Crippen LogP contribution in [0.4, 0.5) is 11.4 Å². The summed E-state index contributed by atoms with van der Waals surface area (Å²) in [6.45, 7) is 5.39. The maximum absolute atomic E-state index is 12.9. The minimum atomic E-state index is -0.197. The molecule has 2 amide bonds. The zero-order valence-corrected chi connectivity index (χ0v) is 23.8. The lowest BCUT2D eigenvalue weighted by atomic mass is 10.0. The number of ether oxygens (including phenoxy) is 2. The molecule has 4 rings (SSSR count). The van der Waals surface area contributed by atoms with E-state index in [1.165, 1.54) is 0 Å². The van der Waals surface area contributed by atoms with Gasteiger partial charge < -0.3 is 20.1 Å². The molecule has 0 saturated heterocycles. The molecule has 0 saturated carbocycles. The second-order valence-electron chi connectivity index (χ2n) is 9.88. The number of carbonyl (C=O) groups excluding carboxylic acids is 2. The van der Waals surface area contributed by atoms with Gasteiger partial charge in [0.25, 0.3) is 11.8 Å². The Balaban J connectivity index is 1.32. The maximum atomic E-state index is 12.9.